The number of pyridine rings is 1. The Morgan fingerprint density at radius 2 is 1.82 bits per heavy atom. The number of hydrazine groups is 1. The molecule has 364 valence electrons. The summed E-state index contributed by atoms with van der Waals surface area (Å²) in [5, 5.41) is 16.9. The number of aromatic nitrogens is 2. The topological polar surface area (TPSA) is 176 Å². The number of esters is 1. The summed E-state index contributed by atoms with van der Waals surface area (Å²) in [6.45, 7) is 18.9. The van der Waals surface area contributed by atoms with Crippen LogP contribution in [0.5, 0.6) is 5.75 Å². The maximum Gasteiger partial charge on any atom is 0.324 e. The molecule has 5 heterocycles. The van der Waals surface area contributed by atoms with Crippen LogP contribution < -0.4 is 10.7 Å². The summed E-state index contributed by atoms with van der Waals surface area (Å²) in [5.74, 6) is -2.93. The van der Waals surface area contributed by atoms with E-state index in [1.807, 2.05) is 32.0 Å². The van der Waals surface area contributed by atoms with Gasteiger partial charge >= 0.3 is 5.97 Å². The zero-order chi connectivity index (χ0) is 49.2. The van der Waals surface area contributed by atoms with Crippen molar-refractivity contribution in [2.75, 3.05) is 40.4 Å². The van der Waals surface area contributed by atoms with Gasteiger partial charge in [0.1, 0.15) is 23.4 Å². The van der Waals surface area contributed by atoms with Crippen LogP contribution in [0.3, 0.4) is 0 Å². The number of rotatable bonds is 11. The Bertz CT molecular complexity index is 2580. The second-order valence-electron chi connectivity index (χ2n) is 20.1. The molecule has 68 heavy (non-hydrogen) atoms. The average molecular weight is 932 g/mol. The van der Waals surface area contributed by atoms with Gasteiger partial charge in [-0.3, -0.25) is 34.0 Å². The van der Waals surface area contributed by atoms with Crippen LogP contribution in [0.15, 0.2) is 67.4 Å². The van der Waals surface area contributed by atoms with Crippen molar-refractivity contribution in [3.05, 3.63) is 84.2 Å². The number of amides is 4. The number of phenolic OH excluding ortho intramolecular Hbond substituents is 1. The SMILES string of the molecule is C=CC(=O)N1CC[C@H](C(=O)N(C)[C@H](C(=O)NC2(C)Cc3cc(O)cc(c3)-c3ccc4c(c3)c(c(-c3cccnc3[C@H](CC)OC)n4CC)CC(C)(C)COC(=O)[C@@H]3CCCN(N3)C2=O)C(C)C)C1. The molecule has 6 bridgehead atoms. The first-order chi connectivity index (χ1) is 32.3. The van der Waals surface area contributed by atoms with Crippen LogP contribution in [0.4, 0.5) is 0 Å². The smallest absolute Gasteiger partial charge is 0.324 e. The van der Waals surface area contributed by atoms with E-state index in [4.69, 9.17) is 14.5 Å². The first kappa shape index (κ1) is 49.8. The quantitative estimate of drug-likeness (QED) is 0.108. The largest absolute Gasteiger partial charge is 0.508 e. The summed E-state index contributed by atoms with van der Waals surface area (Å²) in [6.07, 6.45) is 5.38. The van der Waals surface area contributed by atoms with Gasteiger partial charge in [0.05, 0.1) is 30.0 Å². The van der Waals surface area contributed by atoms with Gasteiger partial charge in [-0.15, -0.1) is 0 Å². The molecule has 4 aromatic rings. The Labute approximate surface area is 400 Å². The van der Waals surface area contributed by atoms with Crippen LogP contribution in [0.1, 0.15) is 97.1 Å². The van der Waals surface area contributed by atoms with E-state index in [2.05, 4.69) is 67.8 Å². The number of benzene rings is 2. The summed E-state index contributed by atoms with van der Waals surface area (Å²) in [6, 6.07) is 13.7. The van der Waals surface area contributed by atoms with Crippen LogP contribution in [0, 0.1) is 17.3 Å². The van der Waals surface area contributed by atoms with Crippen molar-refractivity contribution in [3.8, 4) is 28.1 Å². The molecule has 15 heteroatoms. The zero-order valence-corrected chi connectivity index (χ0v) is 41.2. The van der Waals surface area contributed by atoms with E-state index in [1.54, 1.807) is 44.3 Å². The Balaban J connectivity index is 1.34. The number of cyclic esters (lactones) is 1. The molecule has 0 aliphatic carbocycles. The highest BCUT2D eigenvalue weighted by Crippen LogP contribution is 2.43. The number of carbonyl (C=O) groups excluding carboxylic acids is 5. The molecule has 7 rings (SSSR count). The lowest BCUT2D eigenvalue weighted by molar-refractivity contribution is -0.157. The molecule has 2 aromatic carbocycles. The highest BCUT2D eigenvalue weighted by atomic mass is 16.5. The molecule has 2 aromatic heterocycles. The number of likely N-dealkylation sites (N-methyl/N-ethyl adjacent to an activating group) is 1. The number of nitrogens with zero attached hydrogens (tertiary/aromatic N) is 5. The van der Waals surface area contributed by atoms with Gasteiger partial charge in [-0.05, 0) is 117 Å². The fourth-order valence-electron chi connectivity index (χ4n) is 10.6. The predicted octanol–water partition coefficient (Wildman–Crippen LogP) is 6.75. The number of phenols is 1. The zero-order valence-electron chi connectivity index (χ0n) is 41.2. The van der Waals surface area contributed by atoms with Gasteiger partial charge in [0, 0.05) is 74.8 Å². The lowest BCUT2D eigenvalue weighted by atomic mass is 9.84. The number of likely N-dealkylation sites (tertiary alicyclic amines) is 1. The first-order valence-corrected chi connectivity index (χ1v) is 24.0. The summed E-state index contributed by atoms with van der Waals surface area (Å²) in [7, 11) is 3.29. The van der Waals surface area contributed by atoms with E-state index in [-0.39, 0.29) is 55.7 Å². The third-order valence-electron chi connectivity index (χ3n) is 13.9. The molecule has 3 aliphatic rings. The van der Waals surface area contributed by atoms with Crippen molar-refractivity contribution in [2.45, 2.75) is 117 Å². The third kappa shape index (κ3) is 10.1. The number of hydrogen-bond acceptors (Lipinski definition) is 10. The van der Waals surface area contributed by atoms with Crippen molar-refractivity contribution in [3.63, 3.8) is 0 Å². The maximum atomic E-state index is 15.1. The van der Waals surface area contributed by atoms with Gasteiger partial charge in [0.2, 0.25) is 17.7 Å². The number of ether oxygens (including phenoxy) is 2. The minimum Gasteiger partial charge on any atom is -0.508 e. The van der Waals surface area contributed by atoms with Crippen molar-refractivity contribution in [1.29, 1.82) is 0 Å². The van der Waals surface area contributed by atoms with Crippen molar-refractivity contribution >= 4 is 40.5 Å². The summed E-state index contributed by atoms with van der Waals surface area (Å²) < 4.78 is 14.4. The highest BCUT2D eigenvalue weighted by molar-refractivity contribution is 5.97. The number of methoxy groups -OCH3 is 1. The number of aromatic hydroxyl groups is 1. The van der Waals surface area contributed by atoms with Crippen molar-refractivity contribution in [1.82, 2.24) is 35.1 Å². The molecular weight excluding hydrogens is 863 g/mol. The number of fused-ring (bicyclic) bond motifs is 6. The molecule has 3 aliphatic heterocycles. The van der Waals surface area contributed by atoms with Gasteiger partial charge in [0.15, 0.2) is 0 Å². The monoisotopic (exact) mass is 932 g/mol. The fraction of sp³-hybridized carbons (Fsp3) is 0.509. The van der Waals surface area contributed by atoms with E-state index in [1.165, 1.54) is 16.0 Å². The lowest BCUT2D eigenvalue weighted by Crippen LogP contribution is -2.67. The lowest BCUT2D eigenvalue weighted by Gasteiger charge is -2.41. The van der Waals surface area contributed by atoms with Crippen LogP contribution in [-0.2, 0) is 52.8 Å². The van der Waals surface area contributed by atoms with E-state index in [9.17, 15) is 24.3 Å². The molecule has 3 N–H and O–H groups in total. The molecule has 15 nitrogen and oxygen atoms in total. The van der Waals surface area contributed by atoms with Crippen molar-refractivity contribution in [2.24, 2.45) is 17.3 Å². The molecule has 1 unspecified atom stereocenters. The Morgan fingerprint density at radius 3 is 2.51 bits per heavy atom. The fourth-order valence-corrected chi connectivity index (χ4v) is 10.6. The highest BCUT2D eigenvalue weighted by Gasteiger charge is 2.45. The Morgan fingerprint density at radius 1 is 1.06 bits per heavy atom. The number of carbonyl (C=O) groups is 5. The number of aryl methyl sites for hydroxylation is 1. The Hall–Kier alpha value is -6.06. The van der Waals surface area contributed by atoms with Gasteiger partial charge in [-0.2, -0.15) is 0 Å². The predicted molar refractivity (Wildman–Crippen MR) is 261 cm³/mol. The molecule has 2 saturated heterocycles. The number of nitrogens with one attached hydrogen (secondary N) is 2. The van der Waals surface area contributed by atoms with E-state index in [0.29, 0.717) is 49.9 Å². The van der Waals surface area contributed by atoms with Crippen LogP contribution in [0.25, 0.3) is 33.3 Å². The van der Waals surface area contributed by atoms with E-state index >= 15 is 4.79 Å². The van der Waals surface area contributed by atoms with Crippen LogP contribution in [-0.4, -0.2) is 117 Å². The minimum absolute atomic E-state index is 0.0173. The third-order valence-corrected chi connectivity index (χ3v) is 13.9. The summed E-state index contributed by atoms with van der Waals surface area (Å²) in [4.78, 5) is 78.0. The molecule has 0 spiro atoms. The average Bonchev–Trinajstić information content (AvgIpc) is 3.93. The minimum atomic E-state index is -1.64. The molecule has 0 radical (unpaired) electrons. The molecular formula is C53H69N7O8. The van der Waals surface area contributed by atoms with Gasteiger partial charge in [0.25, 0.3) is 5.91 Å². The molecule has 0 saturated carbocycles. The molecule has 5 atom stereocenters. The van der Waals surface area contributed by atoms with Crippen LogP contribution in [0.2, 0.25) is 0 Å². The second kappa shape index (κ2) is 20.3. The Kier molecular flexibility index (Phi) is 14.9. The maximum absolute atomic E-state index is 15.1. The summed E-state index contributed by atoms with van der Waals surface area (Å²) in [5.41, 5.74) is 7.95. The first-order valence-electron chi connectivity index (χ1n) is 24.0. The van der Waals surface area contributed by atoms with Crippen molar-refractivity contribution < 1.29 is 38.6 Å². The standard InChI is InChI=1S/C53H69N7O8/c1-11-43(67-10)45-38(16-14-21-54-45)47-40-29-52(6,7)31-68-50(65)41-17-15-22-60(56-41)51(66)53(8,28-33-24-36(26-37(61)25-33)34-18-19-42(39(40)27-34)59(47)13-3)55-48(63)46(32(4)5)57(9)49(64)35-20-23-58(30-35)44(62)12-2/h12,14,16,18-19,21,24-27,32,35,41,43,46,56,61H,2,11,13,15,17,20,22-23,28-31H2,1,3-10H3,(H,55,63)/t35-,41-,43-,46-,53?/m0/s1. The molecule has 2 fully saturated rings. The second-order valence-corrected chi connectivity index (χ2v) is 20.1. The van der Waals surface area contributed by atoms with Gasteiger partial charge < -0.3 is 34.3 Å². The van der Waals surface area contributed by atoms with Gasteiger partial charge in [-0.25, -0.2) is 5.43 Å². The summed E-state index contributed by atoms with van der Waals surface area (Å²) >= 11 is 0. The number of hydrogen-bond donors (Lipinski definition) is 3. The normalized spacial score (nSPS) is 21.8. The van der Waals surface area contributed by atoms with Crippen LogP contribution >= 0.6 is 0 Å². The van der Waals surface area contributed by atoms with Gasteiger partial charge in [-0.1, -0.05) is 53.3 Å². The molecule has 4 amide bonds. The van der Waals surface area contributed by atoms with E-state index < -0.39 is 46.7 Å². The van der Waals surface area contributed by atoms with E-state index in [0.717, 1.165) is 45.4 Å².